The van der Waals surface area contributed by atoms with Crippen molar-refractivity contribution in [3.8, 4) is 5.69 Å². The zero-order valence-electron chi connectivity index (χ0n) is 11.1. The third kappa shape index (κ3) is 2.28. The van der Waals surface area contributed by atoms with Gasteiger partial charge in [-0.15, -0.1) is 0 Å². The summed E-state index contributed by atoms with van der Waals surface area (Å²) in [5.74, 6) is 0.260. The molecule has 3 rings (SSSR count). The zero-order chi connectivity index (χ0) is 13.2. The SMILES string of the molecule is Cc1c(C2CCCNC2)cnn1-c1ccccc1F. The highest BCUT2D eigenvalue weighted by molar-refractivity contribution is 5.37. The van der Waals surface area contributed by atoms with E-state index in [0.717, 1.165) is 18.8 Å². The van der Waals surface area contributed by atoms with Crippen LogP contribution < -0.4 is 5.32 Å². The van der Waals surface area contributed by atoms with Gasteiger partial charge in [-0.3, -0.25) is 0 Å². The number of halogens is 1. The van der Waals surface area contributed by atoms with Gasteiger partial charge in [0.15, 0.2) is 0 Å². The van der Waals surface area contributed by atoms with E-state index < -0.39 is 0 Å². The summed E-state index contributed by atoms with van der Waals surface area (Å²) in [6.07, 6.45) is 4.26. The Hall–Kier alpha value is -1.68. The number of rotatable bonds is 2. The van der Waals surface area contributed by atoms with Crippen LogP contribution in [-0.2, 0) is 0 Å². The van der Waals surface area contributed by atoms with Crippen molar-refractivity contribution in [2.24, 2.45) is 0 Å². The number of nitrogens with one attached hydrogen (secondary N) is 1. The van der Waals surface area contributed by atoms with Crippen LogP contribution in [0.1, 0.15) is 30.0 Å². The van der Waals surface area contributed by atoms with E-state index in [0.29, 0.717) is 11.6 Å². The fourth-order valence-corrected chi connectivity index (χ4v) is 2.81. The lowest BCUT2D eigenvalue weighted by Crippen LogP contribution is -2.28. The van der Waals surface area contributed by atoms with Crippen LogP contribution in [0.5, 0.6) is 0 Å². The molecule has 1 aliphatic rings. The van der Waals surface area contributed by atoms with Crippen molar-refractivity contribution in [3.63, 3.8) is 0 Å². The first-order valence-electron chi connectivity index (χ1n) is 6.77. The van der Waals surface area contributed by atoms with Gasteiger partial charge in [-0.25, -0.2) is 9.07 Å². The lowest BCUT2D eigenvalue weighted by molar-refractivity contribution is 0.460. The fourth-order valence-electron chi connectivity index (χ4n) is 2.81. The van der Waals surface area contributed by atoms with Gasteiger partial charge >= 0.3 is 0 Å². The van der Waals surface area contributed by atoms with Crippen LogP contribution >= 0.6 is 0 Å². The van der Waals surface area contributed by atoms with E-state index in [4.69, 9.17) is 0 Å². The summed E-state index contributed by atoms with van der Waals surface area (Å²) in [7, 11) is 0. The Morgan fingerprint density at radius 1 is 1.37 bits per heavy atom. The second kappa shape index (κ2) is 5.13. The quantitative estimate of drug-likeness (QED) is 0.898. The third-order valence-corrected chi connectivity index (χ3v) is 3.87. The molecule has 0 bridgehead atoms. The van der Waals surface area contributed by atoms with E-state index in [2.05, 4.69) is 10.4 Å². The molecule has 0 radical (unpaired) electrons. The number of para-hydroxylation sites is 1. The average molecular weight is 259 g/mol. The van der Waals surface area contributed by atoms with Crippen molar-refractivity contribution < 1.29 is 4.39 Å². The molecule has 0 spiro atoms. The van der Waals surface area contributed by atoms with Gasteiger partial charge in [-0.05, 0) is 49.9 Å². The van der Waals surface area contributed by atoms with Crippen molar-refractivity contribution in [2.75, 3.05) is 13.1 Å². The van der Waals surface area contributed by atoms with Crippen molar-refractivity contribution in [1.82, 2.24) is 15.1 Å². The predicted molar refractivity (Wildman–Crippen MR) is 73.1 cm³/mol. The van der Waals surface area contributed by atoms with E-state index in [9.17, 15) is 4.39 Å². The predicted octanol–water partition coefficient (Wildman–Crippen LogP) is 2.79. The molecule has 4 heteroatoms. The number of hydrogen-bond donors (Lipinski definition) is 1. The lowest BCUT2D eigenvalue weighted by Gasteiger charge is -2.22. The fraction of sp³-hybridized carbons (Fsp3) is 0.400. The second-order valence-electron chi connectivity index (χ2n) is 5.09. The average Bonchev–Trinajstić information content (AvgIpc) is 2.82. The summed E-state index contributed by atoms with van der Waals surface area (Å²) < 4.78 is 15.5. The lowest BCUT2D eigenvalue weighted by atomic mass is 9.92. The molecular formula is C15H18FN3. The van der Waals surface area contributed by atoms with E-state index >= 15 is 0 Å². The van der Waals surface area contributed by atoms with Crippen LogP contribution in [0, 0.1) is 12.7 Å². The van der Waals surface area contributed by atoms with E-state index in [1.54, 1.807) is 16.8 Å². The Balaban J connectivity index is 1.97. The number of nitrogens with zero attached hydrogens (tertiary/aromatic N) is 2. The summed E-state index contributed by atoms with van der Waals surface area (Å²) in [4.78, 5) is 0. The van der Waals surface area contributed by atoms with Crippen LogP contribution in [0.3, 0.4) is 0 Å². The molecule has 1 aliphatic heterocycles. The summed E-state index contributed by atoms with van der Waals surface area (Å²) >= 11 is 0. The highest BCUT2D eigenvalue weighted by Gasteiger charge is 2.20. The van der Waals surface area contributed by atoms with E-state index in [1.807, 2.05) is 19.2 Å². The number of benzene rings is 1. The molecule has 2 heterocycles. The van der Waals surface area contributed by atoms with Crippen molar-refractivity contribution >= 4 is 0 Å². The Bertz CT molecular complexity index is 571. The molecule has 3 nitrogen and oxygen atoms in total. The van der Waals surface area contributed by atoms with Gasteiger partial charge in [-0.2, -0.15) is 5.10 Å². The molecule has 1 saturated heterocycles. The summed E-state index contributed by atoms with van der Waals surface area (Å²) in [5, 5.41) is 7.78. The van der Waals surface area contributed by atoms with E-state index in [-0.39, 0.29) is 5.82 Å². The highest BCUT2D eigenvalue weighted by Crippen LogP contribution is 2.27. The van der Waals surface area contributed by atoms with Gasteiger partial charge in [0.05, 0.1) is 6.20 Å². The first-order chi connectivity index (χ1) is 9.27. The maximum atomic E-state index is 13.8. The van der Waals surface area contributed by atoms with Gasteiger partial charge in [0, 0.05) is 12.2 Å². The summed E-state index contributed by atoms with van der Waals surface area (Å²) in [6.45, 7) is 4.10. The molecule has 0 saturated carbocycles. The van der Waals surface area contributed by atoms with Gasteiger partial charge in [-0.1, -0.05) is 12.1 Å². The number of piperidine rings is 1. The number of aromatic nitrogens is 2. The molecule has 1 unspecified atom stereocenters. The molecule has 1 aromatic heterocycles. The maximum absolute atomic E-state index is 13.8. The van der Waals surface area contributed by atoms with Crippen molar-refractivity contribution in [1.29, 1.82) is 0 Å². The van der Waals surface area contributed by atoms with Gasteiger partial charge in [0.1, 0.15) is 11.5 Å². The van der Waals surface area contributed by atoms with Crippen LogP contribution in [-0.4, -0.2) is 22.9 Å². The van der Waals surface area contributed by atoms with Crippen molar-refractivity contribution in [3.05, 3.63) is 47.5 Å². The molecule has 0 aliphatic carbocycles. The monoisotopic (exact) mass is 259 g/mol. The van der Waals surface area contributed by atoms with Crippen LogP contribution in [0.15, 0.2) is 30.5 Å². The zero-order valence-corrected chi connectivity index (χ0v) is 11.1. The first-order valence-corrected chi connectivity index (χ1v) is 6.77. The third-order valence-electron chi connectivity index (χ3n) is 3.87. The minimum atomic E-state index is -0.234. The van der Waals surface area contributed by atoms with Gasteiger partial charge < -0.3 is 5.32 Å². The number of hydrogen-bond acceptors (Lipinski definition) is 2. The van der Waals surface area contributed by atoms with Gasteiger partial charge in [0.2, 0.25) is 0 Å². The molecule has 1 atom stereocenters. The summed E-state index contributed by atoms with van der Waals surface area (Å²) in [6, 6.07) is 6.77. The van der Waals surface area contributed by atoms with Crippen LogP contribution in [0.4, 0.5) is 4.39 Å². The first kappa shape index (κ1) is 12.4. The molecule has 0 amide bonds. The van der Waals surface area contributed by atoms with E-state index in [1.165, 1.54) is 24.5 Å². The molecule has 19 heavy (non-hydrogen) atoms. The molecule has 1 fully saturated rings. The molecular weight excluding hydrogens is 241 g/mol. The van der Waals surface area contributed by atoms with Crippen LogP contribution in [0.2, 0.25) is 0 Å². The Labute approximate surface area is 112 Å². The minimum absolute atomic E-state index is 0.234. The second-order valence-corrected chi connectivity index (χ2v) is 5.09. The normalized spacial score (nSPS) is 19.6. The molecule has 1 aromatic carbocycles. The Morgan fingerprint density at radius 3 is 2.95 bits per heavy atom. The molecule has 100 valence electrons. The largest absolute Gasteiger partial charge is 0.316 e. The topological polar surface area (TPSA) is 29.9 Å². The van der Waals surface area contributed by atoms with Crippen molar-refractivity contribution in [2.45, 2.75) is 25.7 Å². The standard InChI is InChI=1S/C15H18FN3/c1-11-13(12-5-4-8-17-9-12)10-18-19(11)15-7-3-2-6-14(15)16/h2-3,6-7,10,12,17H,4-5,8-9H2,1H3. The minimum Gasteiger partial charge on any atom is -0.316 e. The Morgan fingerprint density at radius 2 is 2.21 bits per heavy atom. The molecule has 2 aromatic rings. The molecule has 1 N–H and O–H groups in total. The van der Waals surface area contributed by atoms with Gasteiger partial charge in [0.25, 0.3) is 0 Å². The van der Waals surface area contributed by atoms with Crippen LogP contribution in [0.25, 0.3) is 5.69 Å². The highest BCUT2D eigenvalue weighted by atomic mass is 19.1. The smallest absolute Gasteiger partial charge is 0.148 e. The summed E-state index contributed by atoms with van der Waals surface area (Å²) in [5.41, 5.74) is 2.80. The Kier molecular flexibility index (Phi) is 3.34. The maximum Gasteiger partial charge on any atom is 0.148 e.